The Morgan fingerprint density at radius 3 is 2.33 bits per heavy atom. The fourth-order valence-electron chi connectivity index (χ4n) is 3.89. The second-order valence-corrected chi connectivity index (χ2v) is 9.90. The van der Waals surface area contributed by atoms with E-state index in [0.717, 1.165) is 28.0 Å². The summed E-state index contributed by atoms with van der Waals surface area (Å²) in [6.45, 7) is 5.93. The zero-order valence-electron chi connectivity index (χ0n) is 20.7. The van der Waals surface area contributed by atoms with E-state index in [4.69, 9.17) is 4.74 Å². The van der Waals surface area contributed by atoms with Gasteiger partial charge in [-0.3, -0.25) is 14.5 Å². The largest absolute Gasteiger partial charge is 0.497 e. The normalized spacial score (nSPS) is 16.5. The number of nitrogens with one attached hydrogen (secondary N) is 1. The number of nitriles is 1. The van der Waals surface area contributed by atoms with Crippen molar-refractivity contribution in [3.05, 3.63) is 99.6 Å². The molecule has 0 saturated carbocycles. The van der Waals surface area contributed by atoms with Gasteiger partial charge < -0.3 is 10.1 Å². The first-order valence-corrected chi connectivity index (χ1v) is 12.4. The minimum atomic E-state index is -0.546. The summed E-state index contributed by atoms with van der Waals surface area (Å²) in [6.07, 6.45) is 0.455. The number of hydrogen-bond acceptors (Lipinski definition) is 5. The Morgan fingerprint density at radius 1 is 1.03 bits per heavy atom. The maximum absolute atomic E-state index is 13.7. The second kappa shape index (κ2) is 10.7. The number of anilines is 2. The highest BCUT2D eigenvalue weighted by molar-refractivity contribution is 8.05. The fourth-order valence-corrected chi connectivity index (χ4v) is 5.20. The van der Waals surface area contributed by atoms with Gasteiger partial charge in [0.05, 0.1) is 12.4 Å². The van der Waals surface area contributed by atoms with Crippen molar-refractivity contribution in [1.29, 1.82) is 5.26 Å². The van der Waals surface area contributed by atoms with Gasteiger partial charge in [0.1, 0.15) is 22.4 Å². The number of methoxy groups -OCH3 is 1. The lowest BCUT2D eigenvalue weighted by atomic mass is 10.1. The van der Waals surface area contributed by atoms with Crippen molar-refractivity contribution in [2.45, 2.75) is 32.4 Å². The third-order valence-electron chi connectivity index (χ3n) is 6.14. The standard InChI is InChI=1S/C29H27N3O3S/c1-18-5-10-22(11-6-18)31-27(33)25(17-30)29-32(23-12-7-19(2)20(3)15-23)28(34)26(36-29)16-21-8-13-24(35-4)14-9-21/h5-15,26H,16H2,1-4H3,(H,31,33)/b29-25-. The van der Waals surface area contributed by atoms with Crippen LogP contribution in [0.1, 0.15) is 22.3 Å². The highest BCUT2D eigenvalue weighted by atomic mass is 32.2. The van der Waals surface area contributed by atoms with Gasteiger partial charge in [-0.05, 0) is 80.3 Å². The van der Waals surface area contributed by atoms with Crippen LogP contribution in [0.5, 0.6) is 5.75 Å². The Labute approximate surface area is 215 Å². The Bertz CT molecular complexity index is 1370. The first kappa shape index (κ1) is 25.1. The molecule has 1 fully saturated rings. The molecule has 1 aliphatic rings. The summed E-state index contributed by atoms with van der Waals surface area (Å²) in [5.74, 6) is 0.0292. The van der Waals surface area contributed by atoms with E-state index in [-0.39, 0.29) is 11.5 Å². The van der Waals surface area contributed by atoms with E-state index in [9.17, 15) is 14.9 Å². The van der Waals surface area contributed by atoms with Crippen molar-refractivity contribution in [2.75, 3.05) is 17.3 Å². The maximum atomic E-state index is 13.7. The Balaban J connectivity index is 1.72. The average Bonchev–Trinajstić information content (AvgIpc) is 3.18. The van der Waals surface area contributed by atoms with Gasteiger partial charge in [0, 0.05) is 11.4 Å². The molecule has 3 aromatic rings. The number of benzene rings is 3. The minimum absolute atomic E-state index is 0.0932. The molecule has 1 aliphatic heterocycles. The van der Waals surface area contributed by atoms with Crippen LogP contribution in [0.2, 0.25) is 0 Å². The van der Waals surface area contributed by atoms with Gasteiger partial charge >= 0.3 is 0 Å². The monoisotopic (exact) mass is 497 g/mol. The number of aryl methyl sites for hydroxylation is 3. The van der Waals surface area contributed by atoms with Gasteiger partial charge in [-0.25, -0.2) is 0 Å². The zero-order chi connectivity index (χ0) is 25.8. The van der Waals surface area contributed by atoms with Crippen molar-refractivity contribution in [1.82, 2.24) is 0 Å². The number of nitrogens with zero attached hydrogens (tertiary/aromatic N) is 2. The van der Waals surface area contributed by atoms with E-state index in [2.05, 4.69) is 11.4 Å². The third kappa shape index (κ3) is 5.29. The van der Waals surface area contributed by atoms with E-state index in [1.807, 2.05) is 75.4 Å². The van der Waals surface area contributed by atoms with E-state index in [1.165, 1.54) is 16.7 Å². The Kier molecular flexibility index (Phi) is 7.47. The smallest absolute Gasteiger partial charge is 0.269 e. The van der Waals surface area contributed by atoms with Crippen LogP contribution >= 0.6 is 11.8 Å². The summed E-state index contributed by atoms with van der Waals surface area (Å²) in [5, 5.41) is 12.7. The van der Waals surface area contributed by atoms with Crippen LogP contribution in [0.4, 0.5) is 11.4 Å². The highest BCUT2D eigenvalue weighted by Gasteiger charge is 2.41. The summed E-state index contributed by atoms with van der Waals surface area (Å²) in [6, 6.07) is 22.6. The molecule has 6 nitrogen and oxygen atoms in total. The van der Waals surface area contributed by atoms with Crippen molar-refractivity contribution in [3.8, 4) is 11.8 Å². The molecule has 0 bridgehead atoms. The zero-order valence-corrected chi connectivity index (χ0v) is 21.5. The number of rotatable bonds is 6. The topological polar surface area (TPSA) is 82.4 Å². The summed E-state index contributed by atoms with van der Waals surface area (Å²) >= 11 is 1.25. The SMILES string of the molecule is COc1ccc(CC2S/C(=C(/C#N)C(=O)Nc3ccc(C)cc3)N(c3ccc(C)c(C)c3)C2=O)cc1. The lowest BCUT2D eigenvalue weighted by molar-refractivity contribution is -0.117. The second-order valence-electron chi connectivity index (χ2n) is 8.71. The fraction of sp³-hybridized carbons (Fsp3) is 0.207. The maximum Gasteiger partial charge on any atom is 0.269 e. The molecule has 4 rings (SSSR count). The van der Waals surface area contributed by atoms with Gasteiger partial charge in [-0.1, -0.05) is 47.7 Å². The molecule has 0 spiro atoms. The molecule has 0 aliphatic carbocycles. The molecule has 7 heteroatoms. The van der Waals surface area contributed by atoms with Crippen LogP contribution in [-0.2, 0) is 16.0 Å². The minimum Gasteiger partial charge on any atom is -0.497 e. The predicted octanol–water partition coefficient (Wildman–Crippen LogP) is 5.69. The number of carbonyl (C=O) groups excluding carboxylic acids is 2. The lowest BCUT2D eigenvalue weighted by Gasteiger charge is -2.20. The summed E-state index contributed by atoms with van der Waals surface area (Å²) < 4.78 is 5.23. The lowest BCUT2D eigenvalue weighted by Crippen LogP contribution is -2.31. The number of ether oxygens (including phenoxy) is 1. The summed E-state index contributed by atoms with van der Waals surface area (Å²) in [5.41, 5.74) is 5.27. The van der Waals surface area contributed by atoms with Gasteiger partial charge in [-0.2, -0.15) is 5.26 Å². The average molecular weight is 498 g/mol. The molecular weight excluding hydrogens is 470 g/mol. The van der Waals surface area contributed by atoms with E-state index in [0.29, 0.717) is 22.8 Å². The van der Waals surface area contributed by atoms with Crippen molar-refractivity contribution < 1.29 is 14.3 Å². The van der Waals surface area contributed by atoms with E-state index in [1.54, 1.807) is 19.2 Å². The van der Waals surface area contributed by atoms with Crippen molar-refractivity contribution in [3.63, 3.8) is 0 Å². The highest BCUT2D eigenvalue weighted by Crippen LogP contribution is 2.42. The van der Waals surface area contributed by atoms with Crippen LogP contribution in [0.25, 0.3) is 0 Å². The number of hydrogen-bond donors (Lipinski definition) is 1. The molecule has 1 heterocycles. The molecule has 1 N–H and O–H groups in total. The van der Waals surface area contributed by atoms with Gasteiger partial charge in [0.25, 0.3) is 5.91 Å². The first-order chi connectivity index (χ1) is 17.3. The van der Waals surface area contributed by atoms with Gasteiger partial charge in [0.15, 0.2) is 0 Å². The summed E-state index contributed by atoms with van der Waals surface area (Å²) in [4.78, 5) is 28.4. The van der Waals surface area contributed by atoms with Gasteiger partial charge in [0.2, 0.25) is 5.91 Å². The third-order valence-corrected chi connectivity index (χ3v) is 7.41. The molecule has 3 aromatic carbocycles. The Hall–Kier alpha value is -4.02. The molecule has 1 saturated heterocycles. The quantitative estimate of drug-likeness (QED) is 0.350. The van der Waals surface area contributed by atoms with E-state index < -0.39 is 11.2 Å². The first-order valence-electron chi connectivity index (χ1n) is 11.5. The molecule has 2 amide bonds. The van der Waals surface area contributed by atoms with Crippen molar-refractivity contribution >= 4 is 35.0 Å². The predicted molar refractivity (Wildman–Crippen MR) is 144 cm³/mol. The molecule has 0 radical (unpaired) electrons. The molecule has 182 valence electrons. The molecule has 1 atom stereocenters. The van der Waals surface area contributed by atoms with Gasteiger partial charge in [-0.15, -0.1) is 0 Å². The van der Waals surface area contributed by atoms with Crippen LogP contribution in [0.3, 0.4) is 0 Å². The molecule has 36 heavy (non-hydrogen) atoms. The Morgan fingerprint density at radius 2 is 1.72 bits per heavy atom. The number of amides is 2. The molecular formula is C29H27N3O3S. The number of carbonyl (C=O) groups is 2. The number of thioether (sulfide) groups is 1. The molecule has 0 aromatic heterocycles. The van der Waals surface area contributed by atoms with Crippen molar-refractivity contribution in [2.24, 2.45) is 0 Å². The summed E-state index contributed by atoms with van der Waals surface area (Å²) in [7, 11) is 1.61. The van der Waals surface area contributed by atoms with Crippen LogP contribution < -0.4 is 15.0 Å². The van der Waals surface area contributed by atoms with Crippen LogP contribution in [-0.4, -0.2) is 24.2 Å². The van der Waals surface area contributed by atoms with Crippen LogP contribution in [0, 0.1) is 32.1 Å². The van der Waals surface area contributed by atoms with Crippen LogP contribution in [0.15, 0.2) is 77.3 Å². The van der Waals surface area contributed by atoms with E-state index >= 15 is 0 Å². The molecule has 1 unspecified atom stereocenters.